The fraction of sp³-hybridized carbons (Fsp3) is 0.297. The first-order valence-electron chi connectivity index (χ1n) is 15.8. The number of nitrogens with two attached hydrogens (primary N) is 1. The van der Waals surface area contributed by atoms with Crippen molar-refractivity contribution in [1.29, 1.82) is 0 Å². The summed E-state index contributed by atoms with van der Waals surface area (Å²) >= 11 is 0. The van der Waals surface area contributed by atoms with Crippen molar-refractivity contribution in [2.75, 3.05) is 13.1 Å². The molecule has 0 amide bonds. The van der Waals surface area contributed by atoms with Gasteiger partial charge in [0.2, 0.25) is 0 Å². The lowest BCUT2D eigenvalue weighted by molar-refractivity contribution is 0.0115. The second-order valence-electron chi connectivity index (χ2n) is 13.2. The van der Waals surface area contributed by atoms with Crippen molar-refractivity contribution < 1.29 is 13.2 Å². The highest BCUT2D eigenvalue weighted by atomic mass is 19.3. The Hall–Kier alpha value is -4.47. The van der Waals surface area contributed by atoms with Crippen molar-refractivity contribution in [3.63, 3.8) is 0 Å². The summed E-state index contributed by atoms with van der Waals surface area (Å²) in [5.41, 5.74) is 17.0. The number of H-pyrrole nitrogens is 1. The zero-order chi connectivity index (χ0) is 31.7. The van der Waals surface area contributed by atoms with Crippen LogP contribution in [0.2, 0.25) is 0 Å². The van der Waals surface area contributed by atoms with Gasteiger partial charge < -0.3 is 16.0 Å². The zero-order valence-corrected chi connectivity index (χ0v) is 25.8. The number of benzene rings is 2. The highest BCUT2D eigenvalue weighted by Gasteiger charge is 2.44. The Morgan fingerprint density at radius 2 is 1.87 bits per heavy atom. The van der Waals surface area contributed by atoms with Crippen molar-refractivity contribution in [3.8, 4) is 11.1 Å². The summed E-state index contributed by atoms with van der Waals surface area (Å²) in [7, 11) is 0. The molecular weight excluding hydrogens is 585 g/mol. The summed E-state index contributed by atoms with van der Waals surface area (Å²) in [5.74, 6) is -2.34. The SMILES string of the molecule is CC1=C(c2nc3c([nH]2)CC(N)=CC=C3c2ccncc2)c2c(ccc(-c3cc(C)cc(CN4CCC(F)(F)C4)c3)c2F)C2NC2C1. The molecule has 2 saturated heterocycles. The number of aryl methyl sites for hydroxylation is 1. The molecule has 9 heteroatoms. The fourth-order valence-corrected chi connectivity index (χ4v) is 7.44. The Kier molecular flexibility index (Phi) is 6.81. The molecule has 2 fully saturated rings. The molecule has 2 atom stereocenters. The number of pyridine rings is 1. The lowest BCUT2D eigenvalue weighted by atomic mass is 9.90. The lowest BCUT2D eigenvalue weighted by Crippen LogP contribution is -2.24. The summed E-state index contributed by atoms with van der Waals surface area (Å²) in [6, 6.07) is 14.0. The topological polar surface area (TPSA) is 92.8 Å². The predicted molar refractivity (Wildman–Crippen MR) is 173 cm³/mol. The van der Waals surface area contributed by atoms with Gasteiger partial charge in [-0.3, -0.25) is 9.88 Å². The first-order valence-corrected chi connectivity index (χ1v) is 15.8. The zero-order valence-electron chi connectivity index (χ0n) is 25.8. The molecule has 4 aromatic rings. The van der Waals surface area contributed by atoms with Crippen LogP contribution in [0, 0.1) is 12.7 Å². The molecule has 234 valence electrons. The minimum Gasteiger partial charge on any atom is -0.402 e. The van der Waals surface area contributed by atoms with E-state index in [1.165, 1.54) is 0 Å². The number of imidazole rings is 1. The molecule has 2 aliphatic carbocycles. The number of allylic oxidation sites excluding steroid dienone is 3. The van der Waals surface area contributed by atoms with Gasteiger partial charge >= 0.3 is 0 Å². The van der Waals surface area contributed by atoms with Crippen LogP contribution < -0.4 is 11.1 Å². The van der Waals surface area contributed by atoms with E-state index in [2.05, 4.69) is 22.2 Å². The van der Waals surface area contributed by atoms with Crippen molar-refractivity contribution in [1.82, 2.24) is 25.2 Å². The minimum absolute atomic E-state index is 0.0644. The van der Waals surface area contributed by atoms with E-state index in [4.69, 9.17) is 10.7 Å². The van der Waals surface area contributed by atoms with Gasteiger partial charge in [0.25, 0.3) is 5.92 Å². The number of aromatic nitrogens is 3. The number of nitrogens with one attached hydrogen (secondary N) is 2. The molecule has 2 aromatic heterocycles. The number of nitrogens with zero attached hydrogens (tertiary/aromatic N) is 3. The Morgan fingerprint density at radius 3 is 2.65 bits per heavy atom. The number of halogens is 3. The first-order chi connectivity index (χ1) is 22.1. The molecule has 0 spiro atoms. The molecule has 4 aliphatic rings. The van der Waals surface area contributed by atoms with Gasteiger partial charge in [-0.2, -0.15) is 0 Å². The summed E-state index contributed by atoms with van der Waals surface area (Å²) in [5, 5.41) is 3.54. The van der Waals surface area contributed by atoms with Crippen LogP contribution in [0.3, 0.4) is 0 Å². The average Bonchev–Trinajstić information content (AvgIpc) is 3.60. The number of aromatic amines is 1. The van der Waals surface area contributed by atoms with Gasteiger partial charge in [0, 0.05) is 84.1 Å². The predicted octanol–water partition coefficient (Wildman–Crippen LogP) is 6.83. The number of fused-ring (bicyclic) bond motifs is 4. The Labute approximate surface area is 266 Å². The van der Waals surface area contributed by atoms with Gasteiger partial charge in [-0.15, -0.1) is 0 Å². The molecule has 6 nitrogen and oxygen atoms in total. The van der Waals surface area contributed by atoms with E-state index < -0.39 is 5.92 Å². The third kappa shape index (κ3) is 5.17. The second kappa shape index (κ2) is 10.8. The van der Waals surface area contributed by atoms with Crippen LogP contribution in [0.5, 0.6) is 0 Å². The van der Waals surface area contributed by atoms with Crippen molar-refractivity contribution in [3.05, 3.63) is 129 Å². The van der Waals surface area contributed by atoms with Gasteiger partial charge in [0.15, 0.2) is 0 Å². The smallest absolute Gasteiger partial charge is 0.261 e. The molecule has 8 rings (SSSR count). The monoisotopic (exact) mass is 620 g/mol. The quantitative estimate of drug-likeness (QED) is 0.213. The Bertz CT molecular complexity index is 1970. The second-order valence-corrected chi connectivity index (χ2v) is 13.2. The van der Waals surface area contributed by atoms with Crippen molar-refractivity contribution in [2.24, 2.45) is 5.73 Å². The molecule has 46 heavy (non-hydrogen) atoms. The van der Waals surface area contributed by atoms with Gasteiger partial charge in [-0.05, 0) is 66.8 Å². The summed E-state index contributed by atoms with van der Waals surface area (Å²) in [6.07, 6.45) is 8.54. The first kappa shape index (κ1) is 29.0. The minimum atomic E-state index is -2.66. The third-order valence-electron chi connectivity index (χ3n) is 9.61. The van der Waals surface area contributed by atoms with Crippen LogP contribution in [0.15, 0.2) is 78.3 Å². The Balaban J connectivity index is 1.23. The average molecular weight is 621 g/mol. The number of likely N-dealkylation sites (tertiary alicyclic amines) is 1. The van der Waals surface area contributed by atoms with E-state index in [-0.39, 0.29) is 30.9 Å². The maximum Gasteiger partial charge on any atom is 0.261 e. The van der Waals surface area contributed by atoms with E-state index in [0.29, 0.717) is 42.2 Å². The highest BCUT2D eigenvalue weighted by Crippen LogP contribution is 2.47. The van der Waals surface area contributed by atoms with E-state index in [9.17, 15) is 8.78 Å². The fourth-order valence-electron chi connectivity index (χ4n) is 7.44. The van der Waals surface area contributed by atoms with Crippen LogP contribution in [-0.4, -0.2) is 44.9 Å². The molecule has 2 aliphatic heterocycles. The van der Waals surface area contributed by atoms with Crippen LogP contribution in [0.25, 0.3) is 22.3 Å². The lowest BCUT2D eigenvalue weighted by Gasteiger charge is -2.19. The van der Waals surface area contributed by atoms with Crippen molar-refractivity contribution >= 4 is 11.1 Å². The van der Waals surface area contributed by atoms with Crippen LogP contribution in [-0.2, 0) is 13.0 Å². The maximum absolute atomic E-state index is 17.2. The molecular formula is C37H35F3N6. The molecule has 4 N–H and O–H groups in total. The normalized spacial score (nSPS) is 21.9. The van der Waals surface area contributed by atoms with Crippen LogP contribution in [0.4, 0.5) is 13.2 Å². The molecule has 0 saturated carbocycles. The molecule has 4 heterocycles. The molecule has 0 bridgehead atoms. The summed E-state index contributed by atoms with van der Waals surface area (Å²) in [6.45, 7) is 4.52. The van der Waals surface area contributed by atoms with E-state index in [0.717, 1.165) is 62.3 Å². The number of alkyl halides is 2. The van der Waals surface area contributed by atoms with E-state index >= 15 is 4.39 Å². The van der Waals surface area contributed by atoms with Gasteiger partial charge in [0.05, 0.1) is 12.2 Å². The highest BCUT2D eigenvalue weighted by molar-refractivity contribution is 5.88. The van der Waals surface area contributed by atoms with Crippen LogP contribution >= 0.6 is 0 Å². The number of rotatable bonds is 5. The molecule has 2 unspecified atom stereocenters. The van der Waals surface area contributed by atoms with Gasteiger partial charge in [0.1, 0.15) is 11.6 Å². The van der Waals surface area contributed by atoms with Gasteiger partial charge in [-0.25, -0.2) is 18.2 Å². The largest absolute Gasteiger partial charge is 0.402 e. The van der Waals surface area contributed by atoms with E-state index in [1.54, 1.807) is 17.3 Å². The molecule has 2 aromatic carbocycles. The van der Waals surface area contributed by atoms with E-state index in [1.807, 2.05) is 61.5 Å². The number of hydrogen-bond donors (Lipinski definition) is 3. The van der Waals surface area contributed by atoms with Crippen molar-refractivity contribution in [2.45, 2.75) is 57.7 Å². The Morgan fingerprint density at radius 1 is 1.04 bits per heavy atom. The standard InChI is InChI=1S/C37H35F3N6/c1-20-13-22(18-46-12-9-37(39,40)19-46)16-24(14-20)26-5-6-28-32(33(26)38)31(21(2)15-29-35(28)43-29)36-44-30-17-25(41)3-4-27(34(30)45-36)23-7-10-42-11-8-23/h3-8,10-11,13-14,16,29,35,43H,9,12,15,17-19,41H2,1-2H3,(H,44,45). The summed E-state index contributed by atoms with van der Waals surface area (Å²) in [4.78, 5) is 14.6. The number of hydrogen-bond acceptors (Lipinski definition) is 5. The van der Waals surface area contributed by atoms with Crippen LogP contribution in [0.1, 0.15) is 70.8 Å². The summed E-state index contributed by atoms with van der Waals surface area (Å²) < 4.78 is 45.0. The molecule has 0 radical (unpaired) electrons. The van der Waals surface area contributed by atoms with Gasteiger partial charge in [-0.1, -0.05) is 41.5 Å². The third-order valence-corrected chi connectivity index (χ3v) is 9.61. The maximum atomic E-state index is 17.2.